The number of carbonyl (C=O) groups excluding carboxylic acids is 2. The number of nitrogens with zero attached hydrogens (tertiary/aromatic N) is 1. The summed E-state index contributed by atoms with van der Waals surface area (Å²) in [5, 5.41) is 0. The Bertz CT molecular complexity index is 331. The minimum Gasteiger partial charge on any atom is -0.465 e. The first kappa shape index (κ1) is 22.9. The van der Waals surface area contributed by atoms with Crippen LogP contribution < -0.4 is 0 Å². The molecule has 1 atom stereocenters. The Morgan fingerprint density at radius 1 is 1.00 bits per heavy atom. The Kier molecular flexibility index (Phi) is 14.8. The van der Waals surface area contributed by atoms with Crippen molar-refractivity contribution in [1.29, 1.82) is 0 Å². The van der Waals surface area contributed by atoms with Gasteiger partial charge >= 0.3 is 5.97 Å². The highest BCUT2D eigenvalue weighted by atomic mass is 16.5. The maximum Gasteiger partial charge on any atom is 0.311 e. The first-order valence-corrected chi connectivity index (χ1v) is 10.0. The molecule has 142 valence electrons. The molecule has 0 saturated carbocycles. The molecular formula is C20H39NO3. The Hall–Kier alpha value is -1.06. The number of rotatable bonds is 11. The van der Waals surface area contributed by atoms with Crippen LogP contribution in [-0.2, 0) is 14.3 Å². The van der Waals surface area contributed by atoms with Crippen LogP contribution in [0.1, 0.15) is 91.9 Å². The first-order chi connectivity index (χ1) is 11.6. The molecule has 4 heteroatoms. The van der Waals surface area contributed by atoms with E-state index in [1.807, 2.05) is 4.90 Å². The lowest BCUT2D eigenvalue weighted by molar-refractivity contribution is -0.148. The minimum absolute atomic E-state index is 0.111. The molecule has 1 aliphatic heterocycles. The predicted octanol–water partition coefficient (Wildman–Crippen LogP) is 4.96. The van der Waals surface area contributed by atoms with E-state index in [9.17, 15) is 9.59 Å². The van der Waals surface area contributed by atoms with Gasteiger partial charge in [-0.05, 0) is 12.8 Å². The van der Waals surface area contributed by atoms with Crippen molar-refractivity contribution in [3.8, 4) is 0 Å². The van der Waals surface area contributed by atoms with Gasteiger partial charge in [-0.15, -0.1) is 0 Å². The maximum atomic E-state index is 11.9. The van der Waals surface area contributed by atoms with Crippen molar-refractivity contribution in [2.45, 2.75) is 91.9 Å². The standard InChI is InChI=1S/C17H31NO3.C3H8/c1-3-5-7-9-11-18-14-15(13-16(18)19)17(20)21-12-10-8-6-4-2;1-3-2/h15H,3-14H2,1-2H3;3H2,1-2H3. The molecule has 0 aliphatic carbocycles. The molecule has 0 aromatic rings. The molecule has 0 aromatic heterocycles. The van der Waals surface area contributed by atoms with Crippen LogP contribution in [0.3, 0.4) is 0 Å². The van der Waals surface area contributed by atoms with Crippen LogP contribution in [0, 0.1) is 5.92 Å². The highest BCUT2D eigenvalue weighted by Crippen LogP contribution is 2.20. The van der Waals surface area contributed by atoms with E-state index in [0.717, 1.165) is 32.2 Å². The number of unbranched alkanes of at least 4 members (excludes halogenated alkanes) is 6. The van der Waals surface area contributed by atoms with Crippen molar-refractivity contribution in [1.82, 2.24) is 4.90 Å². The fourth-order valence-electron chi connectivity index (χ4n) is 2.70. The van der Waals surface area contributed by atoms with E-state index in [-0.39, 0.29) is 17.8 Å². The number of carbonyl (C=O) groups is 2. The second-order valence-corrected chi connectivity index (χ2v) is 6.74. The average molecular weight is 342 g/mol. The SMILES string of the molecule is CCC.CCCCCCOC(=O)C1CC(=O)N(CCCCCC)C1. The van der Waals surface area contributed by atoms with Gasteiger partial charge in [0.1, 0.15) is 0 Å². The molecule has 1 unspecified atom stereocenters. The van der Waals surface area contributed by atoms with Gasteiger partial charge in [-0.25, -0.2) is 0 Å². The van der Waals surface area contributed by atoms with Gasteiger partial charge in [-0.2, -0.15) is 0 Å². The summed E-state index contributed by atoms with van der Waals surface area (Å²) in [5.74, 6) is -0.315. The Morgan fingerprint density at radius 2 is 1.58 bits per heavy atom. The van der Waals surface area contributed by atoms with Gasteiger partial charge in [0.25, 0.3) is 0 Å². The summed E-state index contributed by atoms with van der Waals surface area (Å²) in [6, 6.07) is 0. The molecule has 1 amide bonds. The normalized spacial score (nSPS) is 16.8. The predicted molar refractivity (Wildman–Crippen MR) is 99.9 cm³/mol. The summed E-state index contributed by atoms with van der Waals surface area (Å²) in [6.07, 6.45) is 10.6. The largest absolute Gasteiger partial charge is 0.465 e. The molecule has 0 radical (unpaired) electrons. The Labute approximate surface area is 149 Å². The lowest BCUT2D eigenvalue weighted by atomic mass is 10.1. The summed E-state index contributed by atoms with van der Waals surface area (Å²) in [4.78, 5) is 25.7. The molecule has 1 fully saturated rings. The van der Waals surface area contributed by atoms with Crippen LogP contribution in [0.2, 0.25) is 0 Å². The van der Waals surface area contributed by atoms with Crippen molar-refractivity contribution in [3.05, 3.63) is 0 Å². The number of amides is 1. The van der Waals surface area contributed by atoms with Crippen molar-refractivity contribution >= 4 is 11.9 Å². The van der Waals surface area contributed by atoms with E-state index in [4.69, 9.17) is 4.74 Å². The lowest BCUT2D eigenvalue weighted by Crippen LogP contribution is -2.27. The maximum absolute atomic E-state index is 11.9. The molecule has 1 heterocycles. The number of esters is 1. The van der Waals surface area contributed by atoms with Gasteiger partial charge in [-0.1, -0.05) is 72.6 Å². The molecule has 4 nitrogen and oxygen atoms in total. The van der Waals surface area contributed by atoms with Crippen molar-refractivity contribution in [3.63, 3.8) is 0 Å². The molecule has 0 bridgehead atoms. The zero-order valence-electron chi connectivity index (χ0n) is 16.4. The van der Waals surface area contributed by atoms with Gasteiger partial charge in [0.05, 0.1) is 12.5 Å². The molecular weight excluding hydrogens is 302 g/mol. The summed E-state index contributed by atoms with van der Waals surface area (Å²) >= 11 is 0. The Balaban J connectivity index is 0.00000163. The molecule has 0 spiro atoms. The number of likely N-dealkylation sites (tertiary alicyclic amines) is 1. The monoisotopic (exact) mass is 341 g/mol. The third-order valence-corrected chi connectivity index (χ3v) is 4.07. The molecule has 0 N–H and O–H groups in total. The third kappa shape index (κ3) is 10.7. The zero-order valence-corrected chi connectivity index (χ0v) is 16.4. The summed E-state index contributed by atoms with van der Waals surface area (Å²) in [7, 11) is 0. The fraction of sp³-hybridized carbons (Fsp3) is 0.900. The van der Waals surface area contributed by atoms with E-state index in [1.54, 1.807) is 0 Å². The number of ether oxygens (including phenoxy) is 1. The molecule has 1 saturated heterocycles. The smallest absolute Gasteiger partial charge is 0.311 e. The van der Waals surface area contributed by atoms with Crippen molar-refractivity contribution < 1.29 is 14.3 Å². The van der Waals surface area contributed by atoms with Crippen LogP contribution in [-0.4, -0.2) is 36.5 Å². The van der Waals surface area contributed by atoms with Gasteiger partial charge in [0, 0.05) is 19.5 Å². The van der Waals surface area contributed by atoms with E-state index >= 15 is 0 Å². The van der Waals surface area contributed by atoms with Gasteiger partial charge in [-0.3, -0.25) is 9.59 Å². The minimum atomic E-state index is -0.241. The average Bonchev–Trinajstić information content (AvgIpc) is 2.93. The van der Waals surface area contributed by atoms with Crippen molar-refractivity contribution in [2.75, 3.05) is 19.7 Å². The van der Waals surface area contributed by atoms with E-state index in [0.29, 0.717) is 19.6 Å². The van der Waals surface area contributed by atoms with Crippen molar-refractivity contribution in [2.24, 2.45) is 5.92 Å². The van der Waals surface area contributed by atoms with Crippen LogP contribution in [0.5, 0.6) is 0 Å². The molecule has 1 rings (SSSR count). The molecule has 0 aromatic carbocycles. The van der Waals surface area contributed by atoms with Gasteiger partial charge < -0.3 is 9.64 Å². The Morgan fingerprint density at radius 3 is 2.17 bits per heavy atom. The van der Waals surface area contributed by atoms with Gasteiger partial charge in [0.15, 0.2) is 0 Å². The number of hydrogen-bond donors (Lipinski definition) is 0. The second-order valence-electron chi connectivity index (χ2n) is 6.74. The van der Waals surface area contributed by atoms with Crippen LogP contribution in [0.15, 0.2) is 0 Å². The zero-order chi connectivity index (χ0) is 18.2. The van der Waals surface area contributed by atoms with E-state index in [1.165, 1.54) is 32.1 Å². The lowest BCUT2D eigenvalue weighted by Gasteiger charge is -2.16. The fourth-order valence-corrected chi connectivity index (χ4v) is 2.70. The van der Waals surface area contributed by atoms with Gasteiger partial charge in [0.2, 0.25) is 5.91 Å². The van der Waals surface area contributed by atoms with Crippen LogP contribution >= 0.6 is 0 Å². The number of hydrogen-bond acceptors (Lipinski definition) is 3. The second kappa shape index (κ2) is 15.5. The third-order valence-electron chi connectivity index (χ3n) is 4.07. The topological polar surface area (TPSA) is 46.6 Å². The molecule has 1 aliphatic rings. The summed E-state index contributed by atoms with van der Waals surface area (Å²) < 4.78 is 5.29. The quantitative estimate of drug-likeness (QED) is 0.394. The van der Waals surface area contributed by atoms with E-state index in [2.05, 4.69) is 27.7 Å². The van der Waals surface area contributed by atoms with Crippen LogP contribution in [0.25, 0.3) is 0 Å². The summed E-state index contributed by atoms with van der Waals surface area (Å²) in [6.45, 7) is 10.4. The highest BCUT2D eigenvalue weighted by Gasteiger charge is 2.34. The first-order valence-electron chi connectivity index (χ1n) is 10.0. The van der Waals surface area contributed by atoms with Crippen LogP contribution in [0.4, 0.5) is 0 Å². The molecule has 24 heavy (non-hydrogen) atoms. The highest BCUT2D eigenvalue weighted by molar-refractivity contribution is 5.86. The van der Waals surface area contributed by atoms with E-state index < -0.39 is 0 Å². The summed E-state index contributed by atoms with van der Waals surface area (Å²) in [5.41, 5.74) is 0.